The molecule has 0 spiro atoms. The van der Waals surface area contributed by atoms with Crippen LogP contribution in [0.25, 0.3) is 0 Å². The second-order valence-electron chi connectivity index (χ2n) is 7.48. The third-order valence-electron chi connectivity index (χ3n) is 5.39. The summed E-state index contributed by atoms with van der Waals surface area (Å²) in [4.78, 5) is 26.3. The highest BCUT2D eigenvalue weighted by Gasteiger charge is 2.57. The molecule has 5 heteroatoms. The van der Waals surface area contributed by atoms with E-state index in [2.05, 4.69) is 29.2 Å². The zero-order valence-electron chi connectivity index (χ0n) is 17.6. The molecule has 5 nitrogen and oxygen atoms in total. The molecule has 0 N–H and O–H groups in total. The average Bonchev–Trinajstić information content (AvgIpc) is 3.51. The maximum atomic E-state index is 12.8. The molecule has 0 amide bonds. The maximum absolute atomic E-state index is 12.8. The minimum atomic E-state index is -0.384. The Hall–Kier alpha value is -3.44. The summed E-state index contributed by atoms with van der Waals surface area (Å²) in [6, 6.07) is 27.1. The fraction of sp³-hybridized carbons (Fsp3) is 0.231. The van der Waals surface area contributed by atoms with Gasteiger partial charge in [-0.05, 0) is 35.7 Å². The van der Waals surface area contributed by atoms with Crippen LogP contribution in [0.5, 0.6) is 5.75 Å². The molecule has 3 aromatic rings. The van der Waals surface area contributed by atoms with E-state index >= 15 is 0 Å². The van der Waals surface area contributed by atoms with Crippen LogP contribution in [-0.2, 0) is 14.3 Å². The highest BCUT2D eigenvalue weighted by molar-refractivity contribution is 5.81. The molecule has 1 heterocycles. The third-order valence-corrected chi connectivity index (χ3v) is 5.39. The van der Waals surface area contributed by atoms with Crippen molar-refractivity contribution in [2.75, 3.05) is 6.61 Å². The number of rotatable bonds is 7. The zero-order valence-corrected chi connectivity index (χ0v) is 17.6. The van der Waals surface area contributed by atoms with Crippen molar-refractivity contribution in [3.8, 4) is 5.75 Å². The fourth-order valence-corrected chi connectivity index (χ4v) is 4.11. The number of hydrogen-bond acceptors (Lipinski definition) is 5. The van der Waals surface area contributed by atoms with E-state index < -0.39 is 0 Å². The van der Waals surface area contributed by atoms with Crippen molar-refractivity contribution < 1.29 is 19.1 Å². The standard InChI is InChI=1S/C26H25NO4/c1-3-30-26(29)25-24(21-14-16-22(17-15-21)31-18(2)28)27(25)23(19-10-6-4-7-11-19)20-12-8-5-9-13-20/h4-17,23-25H,3H2,1-2H3/t24-,25-,27?/m1/s1. The van der Waals surface area contributed by atoms with E-state index in [0.717, 1.165) is 16.7 Å². The van der Waals surface area contributed by atoms with Crippen molar-refractivity contribution in [3.05, 3.63) is 102 Å². The summed E-state index contributed by atoms with van der Waals surface area (Å²) in [5, 5.41) is 0. The van der Waals surface area contributed by atoms with Crippen molar-refractivity contribution in [3.63, 3.8) is 0 Å². The van der Waals surface area contributed by atoms with Gasteiger partial charge in [-0.25, -0.2) is 0 Å². The first-order valence-electron chi connectivity index (χ1n) is 10.4. The van der Waals surface area contributed by atoms with Gasteiger partial charge in [0.25, 0.3) is 0 Å². The monoisotopic (exact) mass is 415 g/mol. The average molecular weight is 415 g/mol. The molecular weight excluding hydrogens is 390 g/mol. The second-order valence-corrected chi connectivity index (χ2v) is 7.48. The molecule has 1 aliphatic rings. The molecule has 4 rings (SSSR count). The summed E-state index contributed by atoms with van der Waals surface area (Å²) < 4.78 is 10.5. The van der Waals surface area contributed by atoms with Crippen LogP contribution < -0.4 is 4.74 Å². The fourth-order valence-electron chi connectivity index (χ4n) is 4.11. The lowest BCUT2D eigenvalue weighted by Gasteiger charge is -2.21. The van der Waals surface area contributed by atoms with Crippen LogP contribution in [-0.4, -0.2) is 29.5 Å². The molecular formula is C26H25NO4. The minimum Gasteiger partial charge on any atom is -0.465 e. The molecule has 0 aromatic heterocycles. The van der Waals surface area contributed by atoms with Crippen LogP contribution in [0.1, 0.15) is 42.6 Å². The Kier molecular flexibility index (Phi) is 6.14. The number of hydrogen-bond donors (Lipinski definition) is 0. The van der Waals surface area contributed by atoms with Crippen molar-refractivity contribution in [2.24, 2.45) is 0 Å². The number of ether oxygens (including phenoxy) is 2. The van der Waals surface area contributed by atoms with E-state index in [0.29, 0.717) is 12.4 Å². The summed E-state index contributed by atoms with van der Waals surface area (Å²) in [7, 11) is 0. The Bertz CT molecular complexity index is 995. The number of esters is 2. The molecule has 0 saturated carbocycles. The van der Waals surface area contributed by atoms with Gasteiger partial charge in [-0.3, -0.25) is 14.5 Å². The number of carbonyl (C=O) groups excluding carboxylic acids is 2. The molecule has 31 heavy (non-hydrogen) atoms. The van der Waals surface area contributed by atoms with Crippen molar-refractivity contribution in [2.45, 2.75) is 32.0 Å². The van der Waals surface area contributed by atoms with E-state index in [-0.39, 0.29) is 30.1 Å². The van der Waals surface area contributed by atoms with Crippen LogP contribution in [0.3, 0.4) is 0 Å². The Morgan fingerprint density at radius 1 is 0.871 bits per heavy atom. The Morgan fingerprint density at radius 3 is 1.90 bits per heavy atom. The van der Waals surface area contributed by atoms with Gasteiger partial charge in [-0.15, -0.1) is 0 Å². The molecule has 1 unspecified atom stereocenters. The molecule has 1 aliphatic heterocycles. The predicted octanol–water partition coefficient (Wildman–Crippen LogP) is 4.69. The van der Waals surface area contributed by atoms with Crippen LogP contribution in [0.2, 0.25) is 0 Å². The highest BCUT2D eigenvalue weighted by Crippen LogP contribution is 2.52. The smallest absolute Gasteiger partial charge is 0.325 e. The zero-order chi connectivity index (χ0) is 21.8. The van der Waals surface area contributed by atoms with Gasteiger partial charge in [0, 0.05) is 6.92 Å². The van der Waals surface area contributed by atoms with Crippen molar-refractivity contribution in [1.29, 1.82) is 0 Å². The van der Waals surface area contributed by atoms with Crippen LogP contribution >= 0.6 is 0 Å². The Labute approximate surface area is 182 Å². The van der Waals surface area contributed by atoms with E-state index in [9.17, 15) is 9.59 Å². The molecule has 0 aliphatic carbocycles. The van der Waals surface area contributed by atoms with Gasteiger partial charge in [0.2, 0.25) is 0 Å². The first-order chi connectivity index (χ1) is 15.1. The SMILES string of the molecule is CCOC(=O)[C@H]1[C@@H](c2ccc(OC(C)=O)cc2)N1C(c1ccccc1)c1ccccc1. The molecule has 3 aromatic carbocycles. The molecule has 1 fully saturated rings. The molecule has 1 saturated heterocycles. The highest BCUT2D eigenvalue weighted by atomic mass is 16.5. The third kappa shape index (κ3) is 4.52. The predicted molar refractivity (Wildman–Crippen MR) is 117 cm³/mol. The van der Waals surface area contributed by atoms with Crippen molar-refractivity contribution >= 4 is 11.9 Å². The summed E-state index contributed by atoms with van der Waals surface area (Å²) in [5.41, 5.74) is 3.20. The Morgan fingerprint density at radius 2 is 1.42 bits per heavy atom. The lowest BCUT2D eigenvalue weighted by atomic mass is 9.98. The largest absolute Gasteiger partial charge is 0.465 e. The van der Waals surface area contributed by atoms with E-state index in [1.165, 1.54) is 6.92 Å². The summed E-state index contributed by atoms with van der Waals surface area (Å²) in [5.74, 6) is -0.106. The van der Waals surface area contributed by atoms with Gasteiger partial charge in [-0.2, -0.15) is 0 Å². The second kappa shape index (κ2) is 9.14. The van der Waals surface area contributed by atoms with Crippen molar-refractivity contribution in [1.82, 2.24) is 4.90 Å². The van der Waals surface area contributed by atoms with E-state index in [1.54, 1.807) is 12.1 Å². The van der Waals surface area contributed by atoms with Crippen LogP contribution in [0.15, 0.2) is 84.9 Å². The van der Waals surface area contributed by atoms with Crippen LogP contribution in [0, 0.1) is 0 Å². The topological polar surface area (TPSA) is 55.6 Å². The maximum Gasteiger partial charge on any atom is 0.325 e. The van der Waals surface area contributed by atoms with Gasteiger partial charge < -0.3 is 9.47 Å². The van der Waals surface area contributed by atoms with E-state index in [4.69, 9.17) is 9.47 Å². The van der Waals surface area contributed by atoms with Gasteiger partial charge in [0.1, 0.15) is 11.8 Å². The van der Waals surface area contributed by atoms with Gasteiger partial charge in [0.15, 0.2) is 0 Å². The first-order valence-corrected chi connectivity index (χ1v) is 10.4. The lowest BCUT2D eigenvalue weighted by molar-refractivity contribution is -0.143. The normalized spacial score (nSPS) is 19.6. The quantitative estimate of drug-likeness (QED) is 0.318. The Balaban J connectivity index is 1.71. The molecule has 158 valence electrons. The first kappa shape index (κ1) is 20.8. The van der Waals surface area contributed by atoms with Crippen LogP contribution in [0.4, 0.5) is 0 Å². The van der Waals surface area contributed by atoms with Gasteiger partial charge in [-0.1, -0.05) is 72.8 Å². The number of benzene rings is 3. The lowest BCUT2D eigenvalue weighted by Crippen LogP contribution is -2.20. The minimum absolute atomic E-state index is 0.0880. The molecule has 0 radical (unpaired) electrons. The molecule has 0 bridgehead atoms. The number of carbonyl (C=O) groups is 2. The molecule has 3 atom stereocenters. The summed E-state index contributed by atoms with van der Waals surface area (Å²) >= 11 is 0. The van der Waals surface area contributed by atoms with E-state index in [1.807, 2.05) is 55.5 Å². The summed E-state index contributed by atoms with van der Waals surface area (Å²) in [6.45, 7) is 3.53. The number of nitrogens with zero attached hydrogens (tertiary/aromatic N) is 1. The summed E-state index contributed by atoms with van der Waals surface area (Å²) in [6.07, 6.45) is 0. The van der Waals surface area contributed by atoms with Gasteiger partial charge in [0.05, 0.1) is 18.7 Å². The van der Waals surface area contributed by atoms with Gasteiger partial charge >= 0.3 is 11.9 Å².